The monoisotopic (exact) mass is 333 g/mol. The summed E-state index contributed by atoms with van der Waals surface area (Å²) in [5, 5.41) is 6.46. The second-order valence-electron chi connectivity index (χ2n) is 6.81. The van der Waals surface area contributed by atoms with Crippen LogP contribution in [-0.2, 0) is 16.1 Å². The highest BCUT2D eigenvalue weighted by molar-refractivity contribution is 5.90. The van der Waals surface area contributed by atoms with Crippen molar-refractivity contribution in [2.75, 3.05) is 44.7 Å². The molecule has 0 spiro atoms. The third kappa shape index (κ3) is 7.43. The number of morpholine rings is 1. The number of nitrogens with zero attached hydrogens (tertiary/aromatic N) is 1. The summed E-state index contributed by atoms with van der Waals surface area (Å²) in [5.74, 6) is 0.793. The Morgan fingerprint density at radius 3 is 2.83 bits per heavy atom. The Kier molecular flexibility index (Phi) is 8.22. The number of amides is 1. The van der Waals surface area contributed by atoms with E-state index in [4.69, 9.17) is 4.74 Å². The number of carbonyl (C=O) groups is 1. The molecule has 1 fully saturated rings. The highest BCUT2D eigenvalue weighted by Crippen LogP contribution is 2.11. The molecule has 1 aromatic carbocycles. The van der Waals surface area contributed by atoms with Crippen molar-refractivity contribution in [3.05, 3.63) is 29.8 Å². The molecular formula is C19H31N3O2. The fraction of sp³-hybridized carbons (Fsp3) is 0.632. The summed E-state index contributed by atoms with van der Waals surface area (Å²) in [6, 6.07) is 8.09. The molecule has 2 N–H and O–H groups in total. The fourth-order valence-corrected chi connectivity index (χ4v) is 2.69. The van der Waals surface area contributed by atoms with Gasteiger partial charge in [-0.1, -0.05) is 26.0 Å². The van der Waals surface area contributed by atoms with E-state index in [1.54, 1.807) is 0 Å². The number of benzene rings is 1. The minimum Gasteiger partial charge on any atom is -0.379 e. The maximum absolute atomic E-state index is 12.1. The predicted octanol–water partition coefficient (Wildman–Crippen LogP) is 2.48. The topological polar surface area (TPSA) is 53.6 Å². The maximum atomic E-state index is 12.1. The van der Waals surface area contributed by atoms with E-state index in [1.807, 2.05) is 12.1 Å². The molecule has 0 aromatic heterocycles. The van der Waals surface area contributed by atoms with E-state index < -0.39 is 0 Å². The number of hydrogen-bond acceptors (Lipinski definition) is 4. The van der Waals surface area contributed by atoms with Gasteiger partial charge in [0.15, 0.2) is 0 Å². The third-order valence-electron chi connectivity index (χ3n) is 4.20. The number of carbonyl (C=O) groups excluding carboxylic acids is 1. The Bertz CT molecular complexity index is 499. The molecule has 5 heteroatoms. The van der Waals surface area contributed by atoms with E-state index in [1.165, 1.54) is 12.0 Å². The highest BCUT2D eigenvalue weighted by atomic mass is 16.5. The molecule has 1 aliphatic heterocycles. The van der Waals surface area contributed by atoms with Crippen LogP contribution in [0.15, 0.2) is 24.3 Å². The number of nitrogens with one attached hydrogen (secondary N) is 2. The highest BCUT2D eigenvalue weighted by Gasteiger charge is 2.12. The van der Waals surface area contributed by atoms with Gasteiger partial charge in [0.05, 0.1) is 13.2 Å². The average molecular weight is 333 g/mol. The Morgan fingerprint density at radius 1 is 1.29 bits per heavy atom. The zero-order valence-electron chi connectivity index (χ0n) is 15.0. The van der Waals surface area contributed by atoms with Crippen molar-refractivity contribution >= 4 is 11.6 Å². The van der Waals surface area contributed by atoms with Crippen LogP contribution in [-0.4, -0.2) is 50.2 Å². The SMILES string of the molecule is CC(C)CCNCc1cccc(NC(=O)CCN2CCOCC2)c1. The van der Waals surface area contributed by atoms with Gasteiger partial charge in [0.25, 0.3) is 0 Å². The van der Waals surface area contributed by atoms with Gasteiger partial charge in [-0.25, -0.2) is 0 Å². The lowest BCUT2D eigenvalue weighted by atomic mass is 10.1. The molecule has 134 valence electrons. The van der Waals surface area contributed by atoms with Crippen LogP contribution in [0.4, 0.5) is 5.69 Å². The quantitative estimate of drug-likeness (QED) is 0.682. The van der Waals surface area contributed by atoms with Crippen LogP contribution in [0.2, 0.25) is 0 Å². The van der Waals surface area contributed by atoms with Gasteiger partial charge in [0.1, 0.15) is 0 Å². The van der Waals surface area contributed by atoms with E-state index in [0.717, 1.165) is 57.5 Å². The van der Waals surface area contributed by atoms with E-state index in [2.05, 4.69) is 41.5 Å². The summed E-state index contributed by atoms with van der Waals surface area (Å²) in [5.41, 5.74) is 2.08. The van der Waals surface area contributed by atoms with Gasteiger partial charge in [-0.15, -0.1) is 0 Å². The fourth-order valence-electron chi connectivity index (χ4n) is 2.69. The predicted molar refractivity (Wildman–Crippen MR) is 98.1 cm³/mol. The van der Waals surface area contributed by atoms with Gasteiger partial charge >= 0.3 is 0 Å². The normalized spacial score (nSPS) is 15.6. The Labute approximate surface area is 145 Å². The van der Waals surface area contributed by atoms with Crippen LogP contribution in [0.1, 0.15) is 32.3 Å². The number of rotatable bonds is 9. The third-order valence-corrected chi connectivity index (χ3v) is 4.20. The first-order chi connectivity index (χ1) is 11.6. The Morgan fingerprint density at radius 2 is 2.08 bits per heavy atom. The summed E-state index contributed by atoms with van der Waals surface area (Å²) in [6.45, 7) is 10.5. The lowest BCUT2D eigenvalue weighted by Gasteiger charge is -2.26. The molecule has 1 amide bonds. The standard InChI is InChI=1S/C19H31N3O2/c1-16(2)6-8-20-15-17-4-3-5-18(14-17)21-19(23)7-9-22-10-12-24-13-11-22/h3-5,14,16,20H,6-13,15H2,1-2H3,(H,21,23). The van der Waals surface area contributed by atoms with Gasteiger partial charge in [-0.2, -0.15) is 0 Å². The summed E-state index contributed by atoms with van der Waals surface area (Å²) >= 11 is 0. The smallest absolute Gasteiger partial charge is 0.225 e. The van der Waals surface area contributed by atoms with Gasteiger partial charge in [0, 0.05) is 38.3 Å². The van der Waals surface area contributed by atoms with Gasteiger partial charge < -0.3 is 15.4 Å². The minimum absolute atomic E-state index is 0.0754. The van der Waals surface area contributed by atoms with Crippen molar-refractivity contribution in [3.63, 3.8) is 0 Å². The maximum Gasteiger partial charge on any atom is 0.225 e. The molecule has 24 heavy (non-hydrogen) atoms. The van der Waals surface area contributed by atoms with Crippen LogP contribution >= 0.6 is 0 Å². The number of hydrogen-bond donors (Lipinski definition) is 2. The van der Waals surface area contributed by atoms with Gasteiger partial charge in [-0.05, 0) is 36.6 Å². The molecule has 0 saturated carbocycles. The van der Waals surface area contributed by atoms with Crippen LogP contribution in [0.5, 0.6) is 0 Å². The molecule has 5 nitrogen and oxygen atoms in total. The first-order valence-electron chi connectivity index (χ1n) is 9.03. The number of anilines is 1. The van der Waals surface area contributed by atoms with E-state index in [-0.39, 0.29) is 5.91 Å². The van der Waals surface area contributed by atoms with Crippen LogP contribution < -0.4 is 10.6 Å². The van der Waals surface area contributed by atoms with Crippen molar-refractivity contribution in [2.24, 2.45) is 5.92 Å². The second kappa shape index (κ2) is 10.4. The Balaban J connectivity index is 1.71. The second-order valence-corrected chi connectivity index (χ2v) is 6.81. The van der Waals surface area contributed by atoms with Gasteiger partial charge in [-0.3, -0.25) is 9.69 Å². The molecule has 1 aromatic rings. The lowest BCUT2D eigenvalue weighted by molar-refractivity contribution is -0.116. The van der Waals surface area contributed by atoms with Crippen molar-refractivity contribution in [1.82, 2.24) is 10.2 Å². The first kappa shape index (κ1) is 18.9. The largest absolute Gasteiger partial charge is 0.379 e. The number of ether oxygens (including phenoxy) is 1. The van der Waals surface area contributed by atoms with Gasteiger partial charge in [0.2, 0.25) is 5.91 Å². The minimum atomic E-state index is 0.0754. The van der Waals surface area contributed by atoms with E-state index in [9.17, 15) is 4.79 Å². The molecule has 1 saturated heterocycles. The van der Waals surface area contributed by atoms with Crippen molar-refractivity contribution in [2.45, 2.75) is 33.2 Å². The van der Waals surface area contributed by atoms with Crippen LogP contribution in [0.25, 0.3) is 0 Å². The first-order valence-corrected chi connectivity index (χ1v) is 9.03. The molecule has 2 rings (SSSR count). The summed E-state index contributed by atoms with van der Waals surface area (Å²) in [6.07, 6.45) is 1.70. The summed E-state index contributed by atoms with van der Waals surface area (Å²) in [4.78, 5) is 14.4. The molecule has 0 bridgehead atoms. The van der Waals surface area contributed by atoms with Crippen LogP contribution in [0, 0.1) is 5.92 Å². The summed E-state index contributed by atoms with van der Waals surface area (Å²) < 4.78 is 5.32. The van der Waals surface area contributed by atoms with Crippen LogP contribution in [0.3, 0.4) is 0 Å². The zero-order valence-corrected chi connectivity index (χ0v) is 15.0. The molecule has 1 heterocycles. The Hall–Kier alpha value is -1.43. The summed E-state index contributed by atoms with van der Waals surface area (Å²) in [7, 11) is 0. The van der Waals surface area contributed by atoms with Crippen molar-refractivity contribution in [3.8, 4) is 0 Å². The average Bonchev–Trinajstić information content (AvgIpc) is 2.58. The zero-order chi connectivity index (χ0) is 17.2. The lowest BCUT2D eigenvalue weighted by Crippen LogP contribution is -2.38. The molecule has 1 aliphatic rings. The van der Waals surface area contributed by atoms with Crippen molar-refractivity contribution < 1.29 is 9.53 Å². The van der Waals surface area contributed by atoms with E-state index in [0.29, 0.717) is 6.42 Å². The molecule has 0 aliphatic carbocycles. The molecular weight excluding hydrogens is 302 g/mol. The van der Waals surface area contributed by atoms with Crippen molar-refractivity contribution in [1.29, 1.82) is 0 Å². The van der Waals surface area contributed by atoms with E-state index >= 15 is 0 Å². The molecule has 0 radical (unpaired) electrons. The molecule has 0 unspecified atom stereocenters. The molecule has 0 atom stereocenters.